The monoisotopic (exact) mass is 308 g/mol. The van der Waals surface area contributed by atoms with Crippen molar-refractivity contribution in [2.24, 2.45) is 0 Å². The summed E-state index contributed by atoms with van der Waals surface area (Å²) in [4.78, 5) is 23.9. The third kappa shape index (κ3) is 5.01. The van der Waals surface area contributed by atoms with Gasteiger partial charge in [0.25, 0.3) is 0 Å². The smallest absolute Gasteiger partial charge is 0.338 e. The van der Waals surface area contributed by atoms with Crippen molar-refractivity contribution in [3.8, 4) is 12.3 Å². The second-order valence-corrected chi connectivity index (χ2v) is 4.77. The Morgan fingerprint density at radius 2 is 1.43 bits per heavy atom. The molecule has 1 atom stereocenters. The zero-order valence-electron chi connectivity index (χ0n) is 12.5. The number of carbonyl (C=O) groups excluding carboxylic acids is 2. The van der Waals surface area contributed by atoms with E-state index in [9.17, 15) is 9.59 Å². The van der Waals surface area contributed by atoms with Crippen molar-refractivity contribution in [1.82, 2.24) is 0 Å². The number of esters is 2. The van der Waals surface area contributed by atoms with E-state index in [0.717, 1.165) is 0 Å². The largest absolute Gasteiger partial charge is 0.458 e. The first-order valence-corrected chi connectivity index (χ1v) is 7.12. The van der Waals surface area contributed by atoms with E-state index in [4.69, 9.17) is 15.9 Å². The first-order valence-electron chi connectivity index (χ1n) is 7.12. The van der Waals surface area contributed by atoms with Gasteiger partial charge in [-0.05, 0) is 24.3 Å². The summed E-state index contributed by atoms with van der Waals surface area (Å²) in [6, 6.07) is 17.1. The molecule has 0 fully saturated rings. The van der Waals surface area contributed by atoms with Gasteiger partial charge in [-0.1, -0.05) is 36.4 Å². The van der Waals surface area contributed by atoms with Gasteiger partial charge in [-0.25, -0.2) is 9.59 Å². The molecule has 0 aliphatic carbocycles. The molecule has 0 heterocycles. The van der Waals surface area contributed by atoms with Gasteiger partial charge in [-0.3, -0.25) is 0 Å². The fourth-order valence-corrected chi connectivity index (χ4v) is 1.89. The molecule has 0 bridgehead atoms. The molecule has 0 saturated carbocycles. The van der Waals surface area contributed by atoms with Crippen LogP contribution in [0.2, 0.25) is 0 Å². The number of hydrogen-bond donors (Lipinski definition) is 0. The summed E-state index contributed by atoms with van der Waals surface area (Å²) in [6.45, 7) is -0.0868. The minimum Gasteiger partial charge on any atom is -0.458 e. The summed E-state index contributed by atoms with van der Waals surface area (Å²) in [7, 11) is 0. The number of benzene rings is 2. The maximum Gasteiger partial charge on any atom is 0.338 e. The Morgan fingerprint density at radius 3 is 1.96 bits per heavy atom. The van der Waals surface area contributed by atoms with Gasteiger partial charge < -0.3 is 9.47 Å². The molecule has 0 aliphatic rings. The van der Waals surface area contributed by atoms with Gasteiger partial charge in [-0.15, -0.1) is 12.3 Å². The van der Waals surface area contributed by atoms with Crippen LogP contribution in [-0.4, -0.2) is 24.6 Å². The summed E-state index contributed by atoms with van der Waals surface area (Å²) >= 11 is 0. The SMILES string of the molecule is C#CCC(COC(=O)c1ccccc1)OC(=O)c1ccccc1. The summed E-state index contributed by atoms with van der Waals surface area (Å²) in [5.74, 6) is 1.44. The second-order valence-electron chi connectivity index (χ2n) is 4.77. The van der Waals surface area contributed by atoms with E-state index in [-0.39, 0.29) is 13.0 Å². The molecule has 0 N–H and O–H groups in total. The fourth-order valence-electron chi connectivity index (χ4n) is 1.89. The maximum atomic E-state index is 12.0. The number of ether oxygens (including phenoxy) is 2. The van der Waals surface area contributed by atoms with Crippen molar-refractivity contribution in [1.29, 1.82) is 0 Å². The number of hydrogen-bond acceptors (Lipinski definition) is 4. The van der Waals surface area contributed by atoms with Crippen LogP contribution in [0, 0.1) is 12.3 Å². The Kier molecular flexibility index (Phi) is 5.96. The Labute approximate surface area is 135 Å². The van der Waals surface area contributed by atoms with Crippen LogP contribution in [0.1, 0.15) is 27.1 Å². The van der Waals surface area contributed by atoms with Crippen molar-refractivity contribution in [3.05, 3.63) is 71.8 Å². The Balaban J connectivity index is 1.93. The van der Waals surface area contributed by atoms with Crippen molar-refractivity contribution >= 4 is 11.9 Å². The zero-order valence-corrected chi connectivity index (χ0v) is 12.5. The molecule has 4 nitrogen and oxygen atoms in total. The molecule has 2 aromatic carbocycles. The highest BCUT2D eigenvalue weighted by Crippen LogP contribution is 2.08. The molecule has 0 spiro atoms. The van der Waals surface area contributed by atoms with Gasteiger partial charge in [0.15, 0.2) is 0 Å². The zero-order chi connectivity index (χ0) is 16.5. The average Bonchev–Trinajstić information content (AvgIpc) is 2.61. The lowest BCUT2D eigenvalue weighted by Crippen LogP contribution is -2.25. The number of carbonyl (C=O) groups is 2. The van der Waals surface area contributed by atoms with E-state index in [0.29, 0.717) is 11.1 Å². The van der Waals surface area contributed by atoms with E-state index < -0.39 is 18.0 Å². The van der Waals surface area contributed by atoms with E-state index >= 15 is 0 Å². The van der Waals surface area contributed by atoms with Gasteiger partial charge in [0, 0.05) is 6.42 Å². The highest BCUT2D eigenvalue weighted by Gasteiger charge is 2.17. The molecule has 0 saturated heterocycles. The van der Waals surface area contributed by atoms with Crippen LogP contribution in [0.3, 0.4) is 0 Å². The van der Waals surface area contributed by atoms with E-state index in [2.05, 4.69) is 5.92 Å². The minimum atomic E-state index is -0.680. The Hall–Kier alpha value is -3.06. The van der Waals surface area contributed by atoms with Gasteiger partial charge in [0.1, 0.15) is 12.7 Å². The average molecular weight is 308 g/mol. The lowest BCUT2D eigenvalue weighted by molar-refractivity contribution is 0.000900. The molecule has 0 amide bonds. The molecular formula is C19H16O4. The van der Waals surface area contributed by atoms with Crippen LogP contribution in [0.5, 0.6) is 0 Å². The number of terminal acetylenes is 1. The molecular weight excluding hydrogens is 292 g/mol. The minimum absolute atomic E-state index is 0.0868. The first-order chi connectivity index (χ1) is 11.2. The summed E-state index contributed by atoms with van der Waals surface area (Å²) in [5, 5.41) is 0. The summed E-state index contributed by atoms with van der Waals surface area (Å²) < 4.78 is 10.5. The molecule has 116 valence electrons. The van der Waals surface area contributed by atoms with Crippen LogP contribution in [0.15, 0.2) is 60.7 Å². The van der Waals surface area contributed by atoms with Gasteiger partial charge >= 0.3 is 11.9 Å². The lowest BCUT2D eigenvalue weighted by Gasteiger charge is -2.16. The molecule has 23 heavy (non-hydrogen) atoms. The molecule has 4 heteroatoms. The fraction of sp³-hybridized carbons (Fsp3) is 0.158. The van der Waals surface area contributed by atoms with Crippen LogP contribution in [-0.2, 0) is 9.47 Å². The molecule has 0 radical (unpaired) electrons. The van der Waals surface area contributed by atoms with Gasteiger partial charge in [-0.2, -0.15) is 0 Å². The third-order valence-electron chi connectivity index (χ3n) is 3.04. The third-order valence-corrected chi connectivity index (χ3v) is 3.04. The molecule has 2 aromatic rings. The van der Waals surface area contributed by atoms with Crippen LogP contribution >= 0.6 is 0 Å². The normalized spacial score (nSPS) is 11.1. The molecule has 1 unspecified atom stereocenters. The van der Waals surface area contributed by atoms with Crippen molar-refractivity contribution in [2.45, 2.75) is 12.5 Å². The Morgan fingerprint density at radius 1 is 0.913 bits per heavy atom. The van der Waals surface area contributed by atoms with Crippen molar-refractivity contribution < 1.29 is 19.1 Å². The molecule has 0 aliphatic heterocycles. The highest BCUT2D eigenvalue weighted by molar-refractivity contribution is 5.90. The number of rotatable bonds is 6. The molecule has 2 rings (SSSR count). The van der Waals surface area contributed by atoms with E-state index in [1.54, 1.807) is 60.7 Å². The quantitative estimate of drug-likeness (QED) is 0.608. The summed E-state index contributed by atoms with van der Waals surface area (Å²) in [5.41, 5.74) is 0.852. The molecule has 0 aromatic heterocycles. The Bertz CT molecular complexity index is 686. The summed E-state index contributed by atoms with van der Waals surface area (Å²) in [6.07, 6.45) is 4.77. The highest BCUT2D eigenvalue weighted by atomic mass is 16.6. The predicted octanol–water partition coefficient (Wildman–Crippen LogP) is 3.09. The lowest BCUT2D eigenvalue weighted by atomic mass is 10.2. The van der Waals surface area contributed by atoms with Gasteiger partial charge in [0.05, 0.1) is 11.1 Å². The first kappa shape index (κ1) is 16.3. The maximum absolute atomic E-state index is 12.0. The van der Waals surface area contributed by atoms with E-state index in [1.807, 2.05) is 0 Å². The van der Waals surface area contributed by atoms with Gasteiger partial charge in [0.2, 0.25) is 0 Å². The topological polar surface area (TPSA) is 52.6 Å². The predicted molar refractivity (Wildman–Crippen MR) is 85.8 cm³/mol. The van der Waals surface area contributed by atoms with Crippen LogP contribution < -0.4 is 0 Å². The second kappa shape index (κ2) is 8.40. The van der Waals surface area contributed by atoms with Crippen LogP contribution in [0.25, 0.3) is 0 Å². The van der Waals surface area contributed by atoms with E-state index in [1.165, 1.54) is 0 Å². The van der Waals surface area contributed by atoms with Crippen molar-refractivity contribution in [2.75, 3.05) is 6.61 Å². The van der Waals surface area contributed by atoms with Crippen LogP contribution in [0.4, 0.5) is 0 Å². The standard InChI is InChI=1S/C19H16O4/c1-2-9-17(23-19(21)16-12-7-4-8-13-16)14-22-18(20)15-10-5-3-6-11-15/h1,3-8,10-13,17H,9,14H2. The van der Waals surface area contributed by atoms with Crippen molar-refractivity contribution in [3.63, 3.8) is 0 Å².